The number of hydrogen-bond donors (Lipinski definition) is 0. The molecule has 0 atom stereocenters. The Morgan fingerprint density at radius 3 is 2.50 bits per heavy atom. The molecule has 2 aromatic carbocycles. The Bertz CT molecular complexity index is 983. The molecule has 1 amide bonds. The van der Waals surface area contributed by atoms with Gasteiger partial charge < -0.3 is 9.42 Å². The molecule has 0 saturated carbocycles. The van der Waals surface area contributed by atoms with Crippen molar-refractivity contribution in [3.8, 4) is 11.3 Å². The van der Waals surface area contributed by atoms with Crippen LogP contribution in [-0.4, -0.2) is 22.5 Å². The first-order chi connectivity index (χ1) is 12.5. The molecule has 0 saturated heterocycles. The normalized spacial score (nSPS) is 13.6. The van der Waals surface area contributed by atoms with Crippen molar-refractivity contribution in [2.24, 2.45) is 0 Å². The van der Waals surface area contributed by atoms with Gasteiger partial charge in [-0.15, -0.1) is 0 Å². The average Bonchev–Trinajstić information content (AvgIpc) is 3.05. The van der Waals surface area contributed by atoms with Crippen LogP contribution in [0.25, 0.3) is 11.3 Å². The summed E-state index contributed by atoms with van der Waals surface area (Å²) in [7, 11) is 0. The van der Waals surface area contributed by atoms with Crippen molar-refractivity contribution in [2.75, 3.05) is 6.54 Å². The summed E-state index contributed by atoms with van der Waals surface area (Å²) in [4.78, 5) is 14.5. The zero-order valence-corrected chi connectivity index (χ0v) is 15.8. The van der Waals surface area contributed by atoms with E-state index in [9.17, 15) is 4.79 Å². The van der Waals surface area contributed by atoms with Gasteiger partial charge in [0.25, 0.3) is 5.91 Å². The lowest BCUT2D eigenvalue weighted by molar-refractivity contribution is 0.0731. The minimum absolute atomic E-state index is 0.145. The van der Waals surface area contributed by atoms with E-state index in [4.69, 9.17) is 39.3 Å². The Morgan fingerprint density at radius 2 is 1.77 bits per heavy atom. The molecule has 0 N–H and O–H groups in total. The van der Waals surface area contributed by atoms with E-state index >= 15 is 0 Å². The molecule has 0 fully saturated rings. The number of rotatable bonds is 2. The molecule has 1 aliphatic heterocycles. The van der Waals surface area contributed by atoms with E-state index in [0.717, 1.165) is 22.6 Å². The summed E-state index contributed by atoms with van der Waals surface area (Å²) in [5, 5.41) is 5.67. The van der Waals surface area contributed by atoms with Gasteiger partial charge in [-0.3, -0.25) is 4.79 Å². The van der Waals surface area contributed by atoms with Crippen molar-refractivity contribution in [3.05, 3.63) is 74.4 Å². The lowest BCUT2D eigenvalue weighted by Crippen LogP contribution is -2.36. The summed E-state index contributed by atoms with van der Waals surface area (Å²) in [6, 6.07) is 12.3. The van der Waals surface area contributed by atoms with E-state index < -0.39 is 0 Å². The molecule has 0 spiro atoms. The molecule has 1 aliphatic rings. The van der Waals surface area contributed by atoms with E-state index in [1.54, 1.807) is 23.1 Å². The Kier molecular flexibility index (Phi) is 4.65. The third kappa shape index (κ3) is 3.20. The summed E-state index contributed by atoms with van der Waals surface area (Å²) in [5.74, 6) is 0.585. The third-order valence-corrected chi connectivity index (χ3v) is 5.20. The monoisotopic (exact) mass is 406 g/mol. The standard InChI is InChI=1S/C19H13Cl3N2O2/c20-12-3-1-11(2-4-12)18-15-7-8-24(10-17(15)23-26-18)19(25)14-6-5-13(21)9-16(14)22/h1-6,9H,7-8,10H2. The number of amides is 1. The molecule has 0 radical (unpaired) electrons. The Labute approximate surface area is 165 Å². The highest BCUT2D eigenvalue weighted by Crippen LogP contribution is 2.32. The highest BCUT2D eigenvalue weighted by atomic mass is 35.5. The predicted octanol–water partition coefficient (Wildman–Crippen LogP) is 5.50. The number of benzene rings is 2. The van der Waals surface area contributed by atoms with Gasteiger partial charge in [-0.05, 0) is 48.9 Å². The van der Waals surface area contributed by atoms with Crippen molar-refractivity contribution >= 4 is 40.7 Å². The van der Waals surface area contributed by atoms with E-state index in [1.807, 2.05) is 24.3 Å². The van der Waals surface area contributed by atoms with E-state index in [1.165, 1.54) is 0 Å². The quantitative estimate of drug-likeness (QED) is 0.563. The molecule has 132 valence electrons. The fourth-order valence-corrected chi connectivity index (χ4v) is 3.68. The first-order valence-electron chi connectivity index (χ1n) is 8.00. The fourth-order valence-electron chi connectivity index (χ4n) is 3.07. The van der Waals surface area contributed by atoms with Gasteiger partial charge in [-0.1, -0.05) is 40.0 Å². The topological polar surface area (TPSA) is 46.3 Å². The highest BCUT2D eigenvalue weighted by molar-refractivity contribution is 6.36. The van der Waals surface area contributed by atoms with Crippen LogP contribution in [0.1, 0.15) is 21.6 Å². The first-order valence-corrected chi connectivity index (χ1v) is 9.14. The second kappa shape index (κ2) is 6.95. The van der Waals surface area contributed by atoms with E-state index in [-0.39, 0.29) is 5.91 Å². The molecule has 26 heavy (non-hydrogen) atoms. The van der Waals surface area contributed by atoms with Crippen LogP contribution >= 0.6 is 34.8 Å². The molecular formula is C19H13Cl3N2O2. The number of halogens is 3. The SMILES string of the molecule is O=C(c1ccc(Cl)cc1Cl)N1CCc2c(noc2-c2ccc(Cl)cc2)C1. The fraction of sp³-hybridized carbons (Fsp3) is 0.158. The average molecular weight is 408 g/mol. The van der Waals surface area contributed by atoms with Crippen LogP contribution in [0.15, 0.2) is 47.0 Å². The molecular weight excluding hydrogens is 395 g/mol. The molecule has 7 heteroatoms. The van der Waals surface area contributed by atoms with Crippen molar-refractivity contribution in [1.29, 1.82) is 0 Å². The van der Waals surface area contributed by atoms with Gasteiger partial charge in [0, 0.05) is 27.7 Å². The maximum Gasteiger partial charge on any atom is 0.255 e. The van der Waals surface area contributed by atoms with Crippen LogP contribution in [-0.2, 0) is 13.0 Å². The van der Waals surface area contributed by atoms with E-state index in [0.29, 0.717) is 40.1 Å². The Morgan fingerprint density at radius 1 is 1.04 bits per heavy atom. The maximum atomic E-state index is 12.8. The molecule has 4 rings (SSSR count). The molecule has 0 aliphatic carbocycles. The second-order valence-electron chi connectivity index (χ2n) is 6.04. The lowest BCUT2D eigenvalue weighted by atomic mass is 10.00. The van der Waals surface area contributed by atoms with Gasteiger partial charge in [0.2, 0.25) is 0 Å². The number of nitrogens with zero attached hydrogens (tertiary/aromatic N) is 2. The lowest BCUT2D eigenvalue weighted by Gasteiger charge is -2.26. The van der Waals surface area contributed by atoms with Crippen LogP contribution in [0.4, 0.5) is 0 Å². The number of carbonyl (C=O) groups excluding carboxylic acids is 1. The molecule has 2 heterocycles. The molecule has 0 bridgehead atoms. The number of hydrogen-bond acceptors (Lipinski definition) is 3. The van der Waals surface area contributed by atoms with Gasteiger partial charge in [-0.25, -0.2) is 0 Å². The Hall–Kier alpha value is -2.01. The zero-order valence-electron chi connectivity index (χ0n) is 13.5. The molecule has 4 nitrogen and oxygen atoms in total. The highest BCUT2D eigenvalue weighted by Gasteiger charge is 2.28. The van der Waals surface area contributed by atoms with Crippen molar-refractivity contribution in [2.45, 2.75) is 13.0 Å². The van der Waals surface area contributed by atoms with Gasteiger partial charge >= 0.3 is 0 Å². The number of carbonyl (C=O) groups is 1. The van der Waals surface area contributed by atoms with Gasteiger partial charge in [-0.2, -0.15) is 0 Å². The largest absolute Gasteiger partial charge is 0.356 e. The number of aromatic nitrogens is 1. The minimum Gasteiger partial charge on any atom is -0.356 e. The summed E-state index contributed by atoms with van der Waals surface area (Å²) in [6.07, 6.45) is 0.660. The van der Waals surface area contributed by atoms with Crippen LogP contribution in [0.5, 0.6) is 0 Å². The summed E-state index contributed by atoms with van der Waals surface area (Å²) < 4.78 is 5.54. The molecule has 3 aromatic rings. The smallest absolute Gasteiger partial charge is 0.255 e. The van der Waals surface area contributed by atoms with Gasteiger partial charge in [0.05, 0.1) is 17.1 Å². The van der Waals surface area contributed by atoms with Crippen LogP contribution < -0.4 is 0 Å². The first kappa shape index (κ1) is 17.4. The van der Waals surface area contributed by atoms with Crippen LogP contribution in [0.2, 0.25) is 15.1 Å². The minimum atomic E-state index is -0.145. The maximum absolute atomic E-state index is 12.8. The second-order valence-corrected chi connectivity index (χ2v) is 7.32. The molecule has 0 unspecified atom stereocenters. The van der Waals surface area contributed by atoms with Crippen LogP contribution in [0, 0.1) is 0 Å². The summed E-state index contributed by atoms with van der Waals surface area (Å²) in [5.41, 5.74) is 3.14. The Balaban J connectivity index is 1.59. The predicted molar refractivity (Wildman–Crippen MR) is 102 cm³/mol. The van der Waals surface area contributed by atoms with Crippen molar-refractivity contribution in [3.63, 3.8) is 0 Å². The van der Waals surface area contributed by atoms with Crippen LogP contribution in [0.3, 0.4) is 0 Å². The third-order valence-electron chi connectivity index (χ3n) is 4.40. The summed E-state index contributed by atoms with van der Waals surface area (Å²) >= 11 is 18.0. The van der Waals surface area contributed by atoms with Crippen molar-refractivity contribution in [1.82, 2.24) is 10.1 Å². The van der Waals surface area contributed by atoms with Gasteiger partial charge in [0.15, 0.2) is 5.76 Å². The van der Waals surface area contributed by atoms with E-state index in [2.05, 4.69) is 5.16 Å². The zero-order chi connectivity index (χ0) is 18.3. The molecule has 1 aromatic heterocycles. The number of fused-ring (bicyclic) bond motifs is 1. The van der Waals surface area contributed by atoms with Crippen molar-refractivity contribution < 1.29 is 9.32 Å². The van der Waals surface area contributed by atoms with Gasteiger partial charge in [0.1, 0.15) is 5.69 Å². The summed E-state index contributed by atoms with van der Waals surface area (Å²) in [6.45, 7) is 0.941.